The summed E-state index contributed by atoms with van der Waals surface area (Å²) < 4.78 is 5.43. The lowest BCUT2D eigenvalue weighted by Crippen LogP contribution is -2.41. The lowest BCUT2D eigenvalue weighted by Gasteiger charge is -2.31. The van der Waals surface area contributed by atoms with Crippen LogP contribution in [0.5, 0.6) is 0 Å². The Morgan fingerprint density at radius 3 is 2.53 bits per heavy atom. The number of nitrogens with zero attached hydrogens (tertiary/aromatic N) is 3. The highest BCUT2D eigenvalue weighted by atomic mass is 32.1. The molecule has 2 aliphatic heterocycles. The average Bonchev–Trinajstić information content (AvgIpc) is 3.19. The second-order valence-corrected chi connectivity index (χ2v) is 9.39. The number of hydrogen-bond donors (Lipinski definition) is 1. The fourth-order valence-electron chi connectivity index (χ4n) is 4.27. The summed E-state index contributed by atoms with van der Waals surface area (Å²) in [5.74, 6) is 0.289. The third-order valence-electron chi connectivity index (χ3n) is 6.14. The number of ether oxygens (including phenoxy) is 1. The average molecular weight is 429 g/mol. The van der Waals surface area contributed by atoms with Crippen molar-refractivity contribution >= 4 is 22.9 Å². The molecule has 0 radical (unpaired) electrons. The Morgan fingerprint density at radius 1 is 1.20 bits per heavy atom. The van der Waals surface area contributed by atoms with Crippen LogP contribution in [0.1, 0.15) is 42.1 Å². The zero-order valence-corrected chi connectivity index (χ0v) is 18.8. The number of amides is 1. The monoisotopic (exact) mass is 428 g/mol. The van der Waals surface area contributed by atoms with Crippen LogP contribution in [-0.4, -0.2) is 55.2 Å². The molecule has 0 spiro atoms. The molecule has 7 heteroatoms. The Bertz CT molecular complexity index is 824. The number of aromatic nitrogens is 1. The van der Waals surface area contributed by atoms with Gasteiger partial charge in [0, 0.05) is 36.6 Å². The molecule has 2 saturated heterocycles. The van der Waals surface area contributed by atoms with Crippen LogP contribution in [0.25, 0.3) is 0 Å². The number of hydrogen-bond acceptors (Lipinski definition) is 6. The van der Waals surface area contributed by atoms with Gasteiger partial charge < -0.3 is 15.0 Å². The van der Waals surface area contributed by atoms with Crippen molar-refractivity contribution in [2.45, 2.75) is 39.3 Å². The molecule has 1 unspecified atom stereocenters. The van der Waals surface area contributed by atoms with Gasteiger partial charge in [-0.25, -0.2) is 4.98 Å². The van der Waals surface area contributed by atoms with Gasteiger partial charge in [-0.2, -0.15) is 0 Å². The molecule has 3 heterocycles. The van der Waals surface area contributed by atoms with E-state index < -0.39 is 0 Å². The fourth-order valence-corrected chi connectivity index (χ4v) is 4.88. The van der Waals surface area contributed by atoms with E-state index in [4.69, 9.17) is 4.74 Å². The first-order valence-electron chi connectivity index (χ1n) is 10.9. The molecule has 0 aliphatic carbocycles. The molecule has 1 atom stereocenters. The quantitative estimate of drug-likeness (QED) is 0.764. The Kier molecular flexibility index (Phi) is 7.02. The smallest absolute Gasteiger partial charge is 0.223 e. The highest BCUT2D eigenvalue weighted by molar-refractivity contribution is 7.09. The minimum absolute atomic E-state index is 0.0206. The first kappa shape index (κ1) is 21.3. The van der Waals surface area contributed by atoms with Gasteiger partial charge in [-0.1, -0.05) is 12.1 Å². The third kappa shape index (κ3) is 5.39. The number of benzene rings is 1. The molecule has 1 aromatic carbocycles. The summed E-state index contributed by atoms with van der Waals surface area (Å²) in [6, 6.07) is 8.60. The normalized spacial score (nSPS) is 19.6. The Morgan fingerprint density at radius 2 is 1.90 bits per heavy atom. The molecular weight excluding hydrogens is 396 g/mol. The van der Waals surface area contributed by atoms with E-state index in [-0.39, 0.29) is 17.9 Å². The number of aryl methyl sites for hydroxylation is 1. The third-order valence-corrected chi connectivity index (χ3v) is 6.96. The maximum Gasteiger partial charge on any atom is 0.223 e. The van der Waals surface area contributed by atoms with Gasteiger partial charge in [0.1, 0.15) is 0 Å². The van der Waals surface area contributed by atoms with Gasteiger partial charge in [0.15, 0.2) is 0 Å². The Labute approximate surface area is 183 Å². The largest absolute Gasteiger partial charge is 0.378 e. The summed E-state index contributed by atoms with van der Waals surface area (Å²) in [7, 11) is 0. The number of piperidine rings is 1. The molecule has 2 fully saturated rings. The SMILES string of the molecule is Cc1nc(CN2CCC(C(=O)NC(C)c3ccc(N4CCOCC4)cc3)CC2)cs1. The van der Waals surface area contributed by atoms with E-state index in [0.717, 1.165) is 75.0 Å². The minimum atomic E-state index is 0.0206. The van der Waals surface area contributed by atoms with E-state index in [9.17, 15) is 4.79 Å². The Hall–Kier alpha value is -1.96. The zero-order valence-electron chi connectivity index (χ0n) is 18.0. The summed E-state index contributed by atoms with van der Waals surface area (Å²) in [5.41, 5.74) is 3.52. The maximum absolute atomic E-state index is 12.8. The van der Waals surface area contributed by atoms with E-state index in [1.165, 1.54) is 5.69 Å². The van der Waals surface area contributed by atoms with Crippen molar-refractivity contribution in [1.29, 1.82) is 0 Å². The van der Waals surface area contributed by atoms with Crippen LogP contribution < -0.4 is 10.2 Å². The summed E-state index contributed by atoms with van der Waals surface area (Å²) in [6.07, 6.45) is 1.83. The number of anilines is 1. The van der Waals surface area contributed by atoms with Crippen LogP contribution in [-0.2, 0) is 16.1 Å². The molecule has 162 valence electrons. The van der Waals surface area contributed by atoms with Crippen molar-refractivity contribution in [1.82, 2.24) is 15.2 Å². The number of thiazole rings is 1. The molecule has 2 aliphatic rings. The molecule has 1 N–H and O–H groups in total. The molecule has 1 aromatic heterocycles. The van der Waals surface area contributed by atoms with Crippen LogP contribution in [0.4, 0.5) is 5.69 Å². The number of morpholine rings is 1. The lowest BCUT2D eigenvalue weighted by molar-refractivity contribution is -0.127. The van der Waals surface area contributed by atoms with E-state index in [1.54, 1.807) is 11.3 Å². The van der Waals surface area contributed by atoms with E-state index in [0.29, 0.717) is 0 Å². The highest BCUT2D eigenvalue weighted by Gasteiger charge is 2.26. The zero-order chi connectivity index (χ0) is 20.9. The van der Waals surface area contributed by atoms with Gasteiger partial charge in [0.05, 0.1) is 30.0 Å². The van der Waals surface area contributed by atoms with Crippen molar-refractivity contribution in [2.24, 2.45) is 5.92 Å². The number of likely N-dealkylation sites (tertiary alicyclic amines) is 1. The maximum atomic E-state index is 12.8. The predicted octanol–water partition coefficient (Wildman–Crippen LogP) is 3.38. The number of carbonyl (C=O) groups is 1. The van der Waals surface area contributed by atoms with Gasteiger partial charge >= 0.3 is 0 Å². The van der Waals surface area contributed by atoms with Crippen molar-refractivity contribution < 1.29 is 9.53 Å². The van der Waals surface area contributed by atoms with E-state index in [2.05, 4.69) is 56.7 Å². The van der Waals surface area contributed by atoms with Crippen LogP contribution >= 0.6 is 11.3 Å². The minimum Gasteiger partial charge on any atom is -0.378 e. The molecule has 0 bridgehead atoms. The van der Waals surface area contributed by atoms with Crippen LogP contribution in [0.2, 0.25) is 0 Å². The summed E-state index contributed by atoms with van der Waals surface area (Å²) in [4.78, 5) is 22.1. The molecule has 30 heavy (non-hydrogen) atoms. The summed E-state index contributed by atoms with van der Waals surface area (Å²) >= 11 is 1.70. The number of nitrogens with one attached hydrogen (secondary N) is 1. The van der Waals surface area contributed by atoms with Gasteiger partial charge in [-0.05, 0) is 57.5 Å². The molecule has 1 amide bonds. The molecule has 4 rings (SSSR count). The lowest BCUT2D eigenvalue weighted by atomic mass is 9.95. The Balaban J connectivity index is 1.24. The topological polar surface area (TPSA) is 57.7 Å². The van der Waals surface area contributed by atoms with E-state index in [1.807, 2.05) is 6.92 Å². The highest BCUT2D eigenvalue weighted by Crippen LogP contribution is 2.23. The van der Waals surface area contributed by atoms with Gasteiger partial charge in [0.2, 0.25) is 5.91 Å². The van der Waals surface area contributed by atoms with Gasteiger partial charge in [-0.15, -0.1) is 11.3 Å². The van der Waals surface area contributed by atoms with Crippen molar-refractivity contribution in [2.75, 3.05) is 44.3 Å². The second kappa shape index (κ2) is 9.90. The number of rotatable bonds is 6. The van der Waals surface area contributed by atoms with Crippen molar-refractivity contribution in [3.05, 3.63) is 45.9 Å². The molecule has 0 saturated carbocycles. The van der Waals surface area contributed by atoms with Gasteiger partial charge in [-0.3, -0.25) is 9.69 Å². The first-order chi connectivity index (χ1) is 14.6. The fraction of sp³-hybridized carbons (Fsp3) is 0.565. The standard InChI is InChI=1S/C23H32N4O2S/c1-17(19-3-5-22(6-4-19)27-11-13-29-14-12-27)24-23(28)20-7-9-26(10-8-20)15-21-16-30-18(2)25-21/h3-6,16-17,20H,7-15H2,1-2H3,(H,24,28). The molecule has 6 nitrogen and oxygen atoms in total. The second-order valence-electron chi connectivity index (χ2n) is 8.33. The van der Waals surface area contributed by atoms with Crippen molar-refractivity contribution in [3.8, 4) is 0 Å². The van der Waals surface area contributed by atoms with Crippen molar-refractivity contribution in [3.63, 3.8) is 0 Å². The predicted molar refractivity (Wildman–Crippen MR) is 121 cm³/mol. The number of carbonyl (C=O) groups excluding carboxylic acids is 1. The van der Waals surface area contributed by atoms with Gasteiger partial charge in [0.25, 0.3) is 0 Å². The molecular formula is C23H32N4O2S. The van der Waals surface area contributed by atoms with Crippen LogP contribution in [0.15, 0.2) is 29.6 Å². The van der Waals surface area contributed by atoms with Crippen LogP contribution in [0.3, 0.4) is 0 Å². The van der Waals surface area contributed by atoms with Crippen LogP contribution in [0, 0.1) is 12.8 Å². The first-order valence-corrected chi connectivity index (χ1v) is 11.8. The molecule has 2 aromatic rings. The summed E-state index contributed by atoms with van der Waals surface area (Å²) in [5, 5.41) is 6.49. The summed E-state index contributed by atoms with van der Waals surface area (Å²) in [6.45, 7) is 10.4. The van der Waals surface area contributed by atoms with E-state index >= 15 is 0 Å².